The van der Waals surface area contributed by atoms with Crippen LogP contribution in [0.25, 0.3) is 0 Å². The van der Waals surface area contributed by atoms with E-state index in [2.05, 4.69) is 46.4 Å². The van der Waals surface area contributed by atoms with Crippen LogP contribution in [-0.2, 0) is 0 Å². The minimum absolute atomic E-state index is 0.0517. The number of likely N-dealkylation sites (N-methyl/N-ethyl adjacent to an activating group) is 2. The van der Waals surface area contributed by atoms with Gasteiger partial charge in [0.1, 0.15) is 0 Å². The molecule has 1 atom stereocenters. The molecule has 5 nitrogen and oxygen atoms in total. The summed E-state index contributed by atoms with van der Waals surface area (Å²) in [7, 11) is 4.11. The zero-order chi connectivity index (χ0) is 13.9. The van der Waals surface area contributed by atoms with Crippen LogP contribution in [0.4, 0.5) is 5.95 Å². The molecule has 1 fully saturated rings. The topological polar surface area (TPSA) is 53.1 Å². The van der Waals surface area contributed by atoms with Crippen LogP contribution in [0.2, 0.25) is 0 Å². The lowest BCUT2D eigenvalue weighted by Crippen LogP contribution is -2.41. The van der Waals surface area contributed by atoms with Crippen LogP contribution in [-0.4, -0.2) is 54.1 Å². The first kappa shape index (κ1) is 14.2. The zero-order valence-corrected chi connectivity index (χ0v) is 12.4. The van der Waals surface area contributed by atoms with Crippen molar-refractivity contribution in [3.05, 3.63) is 18.0 Å². The van der Waals surface area contributed by atoms with Crippen LogP contribution in [0.15, 0.2) is 12.4 Å². The predicted molar refractivity (Wildman–Crippen MR) is 78.5 cm³/mol. The van der Waals surface area contributed by atoms with E-state index in [-0.39, 0.29) is 5.54 Å². The molecule has 1 unspecified atom stereocenters. The third kappa shape index (κ3) is 3.88. The number of likely N-dealkylation sites (tertiary alicyclic amines) is 1. The van der Waals surface area contributed by atoms with Gasteiger partial charge < -0.3 is 15.5 Å². The Morgan fingerprint density at radius 1 is 1.37 bits per heavy atom. The van der Waals surface area contributed by atoms with E-state index in [0.717, 1.165) is 13.1 Å². The fraction of sp³-hybridized carbons (Fsp3) is 0.714. The summed E-state index contributed by atoms with van der Waals surface area (Å²) in [6, 6.07) is 0. The molecule has 1 aliphatic heterocycles. The van der Waals surface area contributed by atoms with Crippen LogP contribution in [0, 0.1) is 0 Å². The summed E-state index contributed by atoms with van der Waals surface area (Å²) in [5.74, 6) is 1.29. The normalized spacial score (nSPS) is 20.7. The van der Waals surface area contributed by atoms with Crippen LogP contribution in [0.5, 0.6) is 0 Å². The molecule has 2 N–H and O–H groups in total. The van der Waals surface area contributed by atoms with Gasteiger partial charge in [-0.15, -0.1) is 0 Å². The fourth-order valence-corrected chi connectivity index (χ4v) is 2.61. The van der Waals surface area contributed by atoms with Crippen LogP contribution < -0.4 is 10.6 Å². The number of aromatic nitrogens is 2. The molecular formula is C14H25N5. The summed E-state index contributed by atoms with van der Waals surface area (Å²) in [4.78, 5) is 11.2. The number of hydrogen-bond acceptors (Lipinski definition) is 5. The van der Waals surface area contributed by atoms with Gasteiger partial charge >= 0.3 is 0 Å². The molecule has 5 heteroatoms. The lowest BCUT2D eigenvalue weighted by atomic mass is 10.0. The highest BCUT2D eigenvalue weighted by molar-refractivity contribution is 5.30. The summed E-state index contributed by atoms with van der Waals surface area (Å²) >= 11 is 0. The highest BCUT2D eigenvalue weighted by atomic mass is 15.2. The van der Waals surface area contributed by atoms with Gasteiger partial charge in [-0.25, -0.2) is 9.97 Å². The first-order valence-electron chi connectivity index (χ1n) is 6.93. The summed E-state index contributed by atoms with van der Waals surface area (Å²) in [6.45, 7) is 7.41. The first-order chi connectivity index (χ1) is 9.00. The van der Waals surface area contributed by atoms with E-state index >= 15 is 0 Å². The van der Waals surface area contributed by atoms with Gasteiger partial charge in [0.25, 0.3) is 0 Å². The molecule has 1 saturated heterocycles. The van der Waals surface area contributed by atoms with E-state index in [0.29, 0.717) is 11.9 Å². The Bertz CT molecular complexity index is 401. The van der Waals surface area contributed by atoms with Crippen molar-refractivity contribution in [1.29, 1.82) is 0 Å². The molecular weight excluding hydrogens is 238 g/mol. The fourth-order valence-electron chi connectivity index (χ4n) is 2.61. The van der Waals surface area contributed by atoms with E-state index < -0.39 is 0 Å². The monoisotopic (exact) mass is 263 g/mol. The highest BCUT2D eigenvalue weighted by Gasteiger charge is 2.22. The van der Waals surface area contributed by atoms with E-state index in [1.54, 1.807) is 0 Å². The number of hydrogen-bond donors (Lipinski definition) is 2. The predicted octanol–water partition coefficient (Wildman–Crippen LogP) is 1.31. The average Bonchev–Trinajstić information content (AvgIpc) is 2.76. The minimum Gasteiger partial charge on any atom is -0.348 e. The molecule has 0 radical (unpaired) electrons. The molecule has 0 aromatic carbocycles. The number of nitrogens with zero attached hydrogens (tertiary/aromatic N) is 3. The standard InChI is InChI=1S/C14H25N5/c1-14(2,10-15-3)18-13-16-7-12(8-17-13)11-5-6-19(4)9-11/h7-8,11,15H,5-6,9-10H2,1-4H3,(H,16,17,18). The van der Waals surface area contributed by atoms with E-state index in [1.165, 1.54) is 18.5 Å². The number of rotatable bonds is 5. The Hall–Kier alpha value is -1.20. The maximum Gasteiger partial charge on any atom is 0.223 e. The SMILES string of the molecule is CNCC(C)(C)Nc1ncc(C2CCN(C)C2)cn1. The van der Waals surface area contributed by atoms with Gasteiger partial charge in [-0.2, -0.15) is 0 Å². The van der Waals surface area contributed by atoms with E-state index in [9.17, 15) is 0 Å². The van der Waals surface area contributed by atoms with Crippen molar-refractivity contribution in [2.75, 3.05) is 39.0 Å². The summed E-state index contributed by atoms with van der Waals surface area (Å²) in [6.07, 6.45) is 5.14. The first-order valence-corrected chi connectivity index (χ1v) is 6.93. The Morgan fingerprint density at radius 2 is 2.05 bits per heavy atom. The highest BCUT2D eigenvalue weighted by Crippen LogP contribution is 2.25. The van der Waals surface area contributed by atoms with Gasteiger partial charge in [-0.3, -0.25) is 0 Å². The quantitative estimate of drug-likeness (QED) is 0.839. The maximum absolute atomic E-state index is 4.45. The van der Waals surface area contributed by atoms with Crippen LogP contribution in [0.1, 0.15) is 31.7 Å². The Kier molecular flexibility index (Phi) is 4.37. The van der Waals surface area contributed by atoms with Crippen molar-refractivity contribution in [2.24, 2.45) is 0 Å². The van der Waals surface area contributed by atoms with Crippen LogP contribution in [0.3, 0.4) is 0 Å². The lowest BCUT2D eigenvalue weighted by Gasteiger charge is -2.25. The molecule has 1 aliphatic rings. The van der Waals surface area contributed by atoms with Gasteiger partial charge in [0.2, 0.25) is 5.95 Å². The summed E-state index contributed by atoms with van der Waals surface area (Å²) in [5.41, 5.74) is 1.20. The largest absolute Gasteiger partial charge is 0.348 e. The number of anilines is 1. The smallest absolute Gasteiger partial charge is 0.223 e. The van der Waals surface area contributed by atoms with E-state index in [4.69, 9.17) is 0 Å². The molecule has 2 rings (SSSR count). The van der Waals surface area contributed by atoms with Crippen molar-refractivity contribution >= 4 is 5.95 Å². The van der Waals surface area contributed by atoms with Gasteiger partial charge in [0, 0.05) is 36.9 Å². The Balaban J connectivity index is 1.98. The molecule has 0 saturated carbocycles. The van der Waals surface area contributed by atoms with E-state index in [1.807, 2.05) is 19.4 Å². The second kappa shape index (κ2) is 5.84. The van der Waals surface area contributed by atoms with Gasteiger partial charge in [0.15, 0.2) is 0 Å². The third-order valence-corrected chi connectivity index (χ3v) is 3.60. The van der Waals surface area contributed by atoms with Gasteiger partial charge in [-0.1, -0.05) is 0 Å². The molecule has 0 amide bonds. The number of nitrogens with one attached hydrogen (secondary N) is 2. The molecule has 0 spiro atoms. The van der Waals surface area contributed by atoms with Crippen molar-refractivity contribution in [2.45, 2.75) is 31.7 Å². The molecule has 2 heterocycles. The average molecular weight is 263 g/mol. The van der Waals surface area contributed by atoms with Gasteiger partial charge in [0.05, 0.1) is 0 Å². The summed E-state index contributed by atoms with van der Waals surface area (Å²) < 4.78 is 0. The Labute approximate surface area is 115 Å². The van der Waals surface area contributed by atoms with Crippen LogP contribution >= 0.6 is 0 Å². The zero-order valence-electron chi connectivity index (χ0n) is 12.4. The van der Waals surface area contributed by atoms with Crippen molar-refractivity contribution < 1.29 is 0 Å². The maximum atomic E-state index is 4.45. The molecule has 106 valence electrons. The minimum atomic E-state index is -0.0517. The molecule has 19 heavy (non-hydrogen) atoms. The van der Waals surface area contributed by atoms with Gasteiger partial charge in [-0.05, 0) is 46.5 Å². The Morgan fingerprint density at radius 3 is 2.58 bits per heavy atom. The molecule has 1 aromatic heterocycles. The van der Waals surface area contributed by atoms with Crippen molar-refractivity contribution in [3.63, 3.8) is 0 Å². The lowest BCUT2D eigenvalue weighted by molar-refractivity contribution is 0.411. The molecule has 0 aliphatic carbocycles. The second-order valence-electron chi connectivity index (χ2n) is 6.13. The molecule has 0 bridgehead atoms. The molecule has 1 aromatic rings. The summed E-state index contributed by atoms with van der Waals surface area (Å²) in [5, 5.41) is 6.52. The van der Waals surface area contributed by atoms with Crippen molar-refractivity contribution in [3.8, 4) is 0 Å². The third-order valence-electron chi connectivity index (χ3n) is 3.60. The van der Waals surface area contributed by atoms with Crippen molar-refractivity contribution in [1.82, 2.24) is 20.2 Å². The second-order valence-corrected chi connectivity index (χ2v) is 6.13.